The Morgan fingerprint density at radius 3 is 2.35 bits per heavy atom. The van der Waals surface area contributed by atoms with Crippen LogP contribution in [0.4, 0.5) is 4.53 Å². The minimum atomic E-state index is -0.292. The van der Waals surface area contributed by atoms with Crippen LogP contribution in [0.25, 0.3) is 0 Å². The molecule has 0 spiro atoms. The summed E-state index contributed by atoms with van der Waals surface area (Å²) in [6.45, 7) is 18.2. The first-order valence-corrected chi connectivity index (χ1v) is 22.6. The number of nitrogens with two attached hydrogens (primary N) is 1. The van der Waals surface area contributed by atoms with E-state index in [1.165, 1.54) is 63.4 Å². The van der Waals surface area contributed by atoms with Crippen LogP contribution in [0.5, 0.6) is 0 Å². The highest BCUT2D eigenvalue weighted by Crippen LogP contribution is 2.69. The number of thiol groups is 1. The SMILES string of the molecule is CC.CC[C@H](C)CN[C@H]1OC2CC3[C@@H]4CCC5CC(NC[C@@H](N)Cc6ccc(Cl)cc6)CC[C@]5(C)C4CC[C@]3(C)C2[C@@H]1C.O=COF.SI. The lowest BCUT2D eigenvalue weighted by Gasteiger charge is -2.61. The van der Waals surface area contributed by atoms with Gasteiger partial charge < -0.3 is 15.8 Å². The van der Waals surface area contributed by atoms with Crippen molar-refractivity contribution in [3.8, 4) is 0 Å². The van der Waals surface area contributed by atoms with E-state index in [4.69, 9.17) is 26.9 Å². The van der Waals surface area contributed by atoms with E-state index in [-0.39, 0.29) is 18.7 Å². The molecule has 10 heteroatoms. The van der Waals surface area contributed by atoms with Crippen LogP contribution in [0.3, 0.4) is 0 Å². The van der Waals surface area contributed by atoms with Gasteiger partial charge in [0.2, 0.25) is 0 Å². The second-order valence-electron chi connectivity index (χ2n) is 16.0. The fourth-order valence-electron chi connectivity index (χ4n) is 11.1. The highest BCUT2D eigenvalue weighted by Gasteiger charge is 2.65. The maximum Gasteiger partial charge on any atom is 0.337 e. The molecule has 282 valence electrons. The molecule has 0 amide bonds. The Balaban J connectivity index is 0.000000747. The summed E-state index contributed by atoms with van der Waals surface area (Å²) in [5, 5.41) is 8.51. The molecule has 4 aliphatic carbocycles. The Morgan fingerprint density at radius 1 is 1.06 bits per heavy atom. The van der Waals surface area contributed by atoms with Crippen LogP contribution in [0.15, 0.2) is 24.3 Å². The number of benzene rings is 1. The number of rotatable bonds is 10. The fourth-order valence-corrected chi connectivity index (χ4v) is 11.2. The normalized spacial score (nSPS) is 38.2. The van der Waals surface area contributed by atoms with Gasteiger partial charge in [0.25, 0.3) is 0 Å². The van der Waals surface area contributed by atoms with Crippen LogP contribution in [0.2, 0.25) is 5.02 Å². The van der Waals surface area contributed by atoms with E-state index in [1.807, 2.05) is 47.2 Å². The van der Waals surface area contributed by atoms with Gasteiger partial charge in [-0.05, 0) is 143 Å². The molecule has 1 aliphatic heterocycles. The first-order valence-electron chi connectivity index (χ1n) is 19.0. The lowest BCUT2D eigenvalue weighted by atomic mass is 9.44. The van der Waals surface area contributed by atoms with Crippen molar-refractivity contribution in [2.75, 3.05) is 13.1 Å². The molecule has 4 N–H and O–H groups in total. The van der Waals surface area contributed by atoms with E-state index >= 15 is 0 Å². The second-order valence-corrected chi connectivity index (χ2v) is 16.4. The average Bonchev–Trinajstić information content (AvgIpc) is 3.61. The number of hydrogen-bond acceptors (Lipinski definition) is 7. The summed E-state index contributed by atoms with van der Waals surface area (Å²) in [4.78, 5) is 10.9. The van der Waals surface area contributed by atoms with E-state index < -0.39 is 0 Å². The van der Waals surface area contributed by atoms with Crippen molar-refractivity contribution in [3.05, 3.63) is 34.9 Å². The van der Waals surface area contributed by atoms with Gasteiger partial charge in [-0.25, -0.2) is 0 Å². The van der Waals surface area contributed by atoms with Crippen LogP contribution < -0.4 is 16.4 Å². The third-order valence-corrected chi connectivity index (χ3v) is 13.8. The number of nitrogens with one attached hydrogen (secondary N) is 2. The largest absolute Gasteiger partial charge is 0.360 e. The van der Waals surface area contributed by atoms with Crippen molar-refractivity contribution in [2.45, 2.75) is 137 Å². The van der Waals surface area contributed by atoms with E-state index in [1.54, 1.807) is 0 Å². The number of ether oxygens (including phenoxy) is 1. The number of fused-ring (bicyclic) bond motifs is 7. The van der Waals surface area contributed by atoms with Crippen molar-refractivity contribution in [1.29, 1.82) is 0 Å². The molecule has 1 aromatic carbocycles. The molecule has 6 unspecified atom stereocenters. The molecule has 49 heavy (non-hydrogen) atoms. The second kappa shape index (κ2) is 20.3. The smallest absolute Gasteiger partial charge is 0.337 e. The third-order valence-electron chi connectivity index (χ3n) is 13.6. The number of carbonyl (C=O) groups excluding carboxylic acids is 1. The zero-order valence-electron chi connectivity index (χ0n) is 31.1. The Hall–Kier alpha value is -0.170. The molecule has 1 aromatic rings. The van der Waals surface area contributed by atoms with Crippen LogP contribution in [-0.4, -0.2) is 44.0 Å². The molecule has 5 aliphatic rings. The van der Waals surface area contributed by atoms with Gasteiger partial charge in [0.1, 0.15) is 6.23 Å². The molecule has 13 atom stereocenters. The van der Waals surface area contributed by atoms with Gasteiger partial charge in [-0.3, -0.25) is 15.1 Å². The van der Waals surface area contributed by atoms with Gasteiger partial charge in [-0.15, -0.1) is 9.80 Å². The minimum Gasteiger partial charge on any atom is -0.360 e. The highest BCUT2D eigenvalue weighted by atomic mass is 127. The molecule has 1 saturated heterocycles. The maximum absolute atomic E-state index is 9.85. The molecular formula is C39H66ClFIN3O3S. The lowest BCUT2D eigenvalue weighted by Crippen LogP contribution is -2.56. The predicted octanol–water partition coefficient (Wildman–Crippen LogP) is 9.77. The van der Waals surface area contributed by atoms with Crippen LogP contribution in [0.1, 0.15) is 112 Å². The van der Waals surface area contributed by atoms with Gasteiger partial charge in [0.15, 0.2) is 0 Å². The first kappa shape index (κ1) is 43.2. The van der Waals surface area contributed by atoms with Gasteiger partial charge in [-0.1, -0.05) is 78.6 Å². The van der Waals surface area contributed by atoms with E-state index in [9.17, 15) is 4.53 Å². The van der Waals surface area contributed by atoms with Gasteiger partial charge in [0, 0.05) is 40.6 Å². The fraction of sp³-hybridized carbons (Fsp3) is 0.821. The van der Waals surface area contributed by atoms with Gasteiger partial charge >= 0.3 is 6.47 Å². The quantitative estimate of drug-likeness (QED) is 0.107. The van der Waals surface area contributed by atoms with Crippen molar-refractivity contribution < 1.29 is 19.0 Å². The molecule has 6 rings (SSSR count). The summed E-state index contributed by atoms with van der Waals surface area (Å²) < 4.78 is 16.7. The summed E-state index contributed by atoms with van der Waals surface area (Å²) in [5.41, 5.74) is 8.80. The van der Waals surface area contributed by atoms with E-state index in [2.05, 4.69) is 72.1 Å². The molecule has 4 saturated carbocycles. The Labute approximate surface area is 320 Å². The Bertz CT molecular complexity index is 1130. The number of carbonyl (C=O) groups is 1. The van der Waals surface area contributed by atoms with E-state index in [0.29, 0.717) is 28.9 Å². The molecule has 0 aromatic heterocycles. The monoisotopic (exact) mass is 837 g/mol. The average molecular weight is 838 g/mol. The summed E-state index contributed by atoms with van der Waals surface area (Å²) in [5.74, 6) is 5.59. The molecule has 1 heterocycles. The molecular weight excluding hydrogens is 772 g/mol. The zero-order chi connectivity index (χ0) is 36.4. The topological polar surface area (TPSA) is 85.6 Å². The summed E-state index contributed by atoms with van der Waals surface area (Å²) in [6.07, 6.45) is 13.9. The van der Waals surface area contributed by atoms with Crippen LogP contribution in [0, 0.1) is 52.3 Å². The van der Waals surface area contributed by atoms with Crippen molar-refractivity contribution >= 4 is 49.1 Å². The van der Waals surface area contributed by atoms with Crippen molar-refractivity contribution in [1.82, 2.24) is 10.6 Å². The summed E-state index contributed by atoms with van der Waals surface area (Å²) in [6, 6.07) is 8.92. The molecule has 0 bridgehead atoms. The standard InChI is InChI=1S/C36H58ClN3O.C2H6.CHFO2.HIS/c1-6-22(2)20-40-34-23(3)33-32(41-34)19-31-29-12-9-25-18-28(13-15-35(25,4)30(29)14-16-36(31,33)5)39-21-27(38)17-24-7-10-26(37)11-8-24;1-2;2-4-1-3;1-2/h7-8,10-11,22-23,25,27-34,39-40H,6,9,12-21,38H2,1-5H3;1-2H3;1H;2H/t22-,23-,25?,27-,28?,29+,30?,31?,32?,33?,34-,35-,36-;;;/m0.../s1. The van der Waals surface area contributed by atoms with Crippen molar-refractivity contribution in [3.63, 3.8) is 0 Å². The summed E-state index contributed by atoms with van der Waals surface area (Å²) in [7, 11) is 3.50. The van der Waals surface area contributed by atoms with Crippen LogP contribution in [-0.2, 0) is 20.9 Å². The highest BCUT2D eigenvalue weighted by molar-refractivity contribution is 14.2. The maximum atomic E-state index is 9.85. The van der Waals surface area contributed by atoms with Crippen molar-refractivity contribution in [2.24, 2.45) is 58.0 Å². The number of hydrogen-bond donors (Lipinski definition) is 4. The predicted molar refractivity (Wildman–Crippen MR) is 213 cm³/mol. The van der Waals surface area contributed by atoms with Gasteiger partial charge in [0.05, 0.1) is 6.10 Å². The van der Waals surface area contributed by atoms with Gasteiger partial charge in [-0.2, -0.15) is 0 Å². The number of halogens is 3. The third kappa shape index (κ3) is 10.1. The molecule has 0 radical (unpaired) electrons. The summed E-state index contributed by atoms with van der Waals surface area (Å²) >= 11 is 7.90. The molecule has 6 nitrogen and oxygen atoms in total. The Kier molecular flexibility index (Phi) is 17.9. The lowest BCUT2D eigenvalue weighted by molar-refractivity contribution is -0.165. The first-order chi connectivity index (χ1) is 23.5. The van der Waals surface area contributed by atoms with E-state index in [0.717, 1.165) is 60.0 Å². The molecule has 5 fully saturated rings. The Morgan fingerprint density at radius 2 is 1.71 bits per heavy atom. The zero-order valence-corrected chi connectivity index (χ0v) is 34.9. The minimum absolute atomic E-state index is 0.146. The van der Waals surface area contributed by atoms with Crippen LogP contribution >= 0.6 is 42.6 Å².